The predicted molar refractivity (Wildman–Crippen MR) is 111 cm³/mol. The van der Waals surface area contributed by atoms with Crippen LogP contribution in [0.4, 0.5) is 5.69 Å². The van der Waals surface area contributed by atoms with Crippen LogP contribution in [0.1, 0.15) is 25.3 Å². The first-order chi connectivity index (χ1) is 13.9. The number of hydrazine groups is 2. The number of carbonyl (C=O) groups excluding carboxylic acids is 1. The van der Waals surface area contributed by atoms with Gasteiger partial charge in [-0.25, -0.2) is 0 Å². The molecule has 1 spiro atoms. The zero-order valence-corrected chi connectivity index (χ0v) is 17.3. The fourth-order valence-electron chi connectivity index (χ4n) is 4.34. The van der Waals surface area contributed by atoms with Crippen molar-refractivity contribution in [2.45, 2.75) is 25.2 Å². The molecule has 0 aliphatic carbocycles. The van der Waals surface area contributed by atoms with Crippen LogP contribution in [0.25, 0.3) is 0 Å². The van der Waals surface area contributed by atoms with Crippen LogP contribution in [0.15, 0.2) is 30.1 Å². The smallest absolute Gasteiger partial charge is 0.235 e. The topological polar surface area (TPSA) is 100 Å². The van der Waals surface area contributed by atoms with Crippen LogP contribution in [0.3, 0.4) is 0 Å². The van der Waals surface area contributed by atoms with E-state index in [9.17, 15) is 15.0 Å². The molecule has 158 valence electrons. The first kappa shape index (κ1) is 20.4. The Balaban J connectivity index is 1.37. The van der Waals surface area contributed by atoms with Gasteiger partial charge in [0.25, 0.3) is 0 Å². The number of likely N-dealkylation sites (tertiary alicyclic amines) is 1. The molecule has 1 aromatic carbocycles. The first-order valence-corrected chi connectivity index (χ1v) is 10.3. The van der Waals surface area contributed by atoms with Gasteiger partial charge in [-0.3, -0.25) is 14.7 Å². The van der Waals surface area contributed by atoms with Crippen molar-refractivity contribution in [3.63, 3.8) is 0 Å². The van der Waals surface area contributed by atoms with E-state index < -0.39 is 10.8 Å². The van der Waals surface area contributed by atoms with Gasteiger partial charge in [0, 0.05) is 35.4 Å². The minimum Gasteiger partial charge on any atom is -0.396 e. The van der Waals surface area contributed by atoms with Gasteiger partial charge in [0.2, 0.25) is 5.91 Å². The number of hydrogen-bond donors (Lipinski definition) is 5. The quantitative estimate of drug-likeness (QED) is 0.463. The summed E-state index contributed by atoms with van der Waals surface area (Å²) in [6, 6.07) is 5.62. The van der Waals surface area contributed by atoms with Gasteiger partial charge in [-0.05, 0) is 49.7 Å². The van der Waals surface area contributed by atoms with E-state index in [-0.39, 0.29) is 19.1 Å². The van der Waals surface area contributed by atoms with Crippen molar-refractivity contribution in [1.29, 1.82) is 0 Å². The average Bonchev–Trinajstić information content (AvgIpc) is 3.26. The summed E-state index contributed by atoms with van der Waals surface area (Å²) in [6.07, 6.45) is 3.47. The van der Waals surface area contributed by atoms with Gasteiger partial charge in [-0.2, -0.15) is 0 Å². The number of aliphatic hydroxyl groups excluding tert-OH is 2. The van der Waals surface area contributed by atoms with Gasteiger partial charge < -0.3 is 21.0 Å². The molecule has 3 aliphatic heterocycles. The Bertz CT molecular complexity index is 818. The van der Waals surface area contributed by atoms with Crippen molar-refractivity contribution < 1.29 is 15.0 Å². The molecule has 1 aromatic rings. The number of halogens is 1. The molecule has 0 aromatic heterocycles. The Morgan fingerprint density at radius 3 is 2.66 bits per heavy atom. The van der Waals surface area contributed by atoms with E-state index in [0.717, 1.165) is 49.4 Å². The predicted octanol–water partition coefficient (Wildman–Crippen LogP) is 0.783. The third-order valence-electron chi connectivity index (χ3n) is 6.27. The highest BCUT2D eigenvalue weighted by molar-refractivity contribution is 6.31. The zero-order valence-electron chi connectivity index (χ0n) is 16.5. The lowest BCUT2D eigenvalue weighted by molar-refractivity contribution is -0.122. The van der Waals surface area contributed by atoms with Crippen molar-refractivity contribution in [3.05, 3.63) is 40.7 Å². The van der Waals surface area contributed by atoms with Crippen molar-refractivity contribution in [3.8, 4) is 0 Å². The van der Waals surface area contributed by atoms with E-state index >= 15 is 0 Å². The molecule has 3 heterocycles. The van der Waals surface area contributed by atoms with Crippen LogP contribution >= 0.6 is 11.6 Å². The van der Waals surface area contributed by atoms with E-state index in [2.05, 4.69) is 21.2 Å². The molecule has 1 fully saturated rings. The molecule has 0 unspecified atom stereocenters. The van der Waals surface area contributed by atoms with Crippen molar-refractivity contribution >= 4 is 23.2 Å². The third-order valence-corrected chi connectivity index (χ3v) is 6.51. The SMILES string of the molecule is CC(CO)(CO)CN1C=C(CN2CCC3(CC2)C(=O)Nc2ccc(Cl)cc23)NN1. The molecule has 0 bridgehead atoms. The minimum absolute atomic E-state index is 0.0766. The van der Waals surface area contributed by atoms with Crippen LogP contribution in [0.2, 0.25) is 5.02 Å². The average molecular weight is 422 g/mol. The summed E-state index contributed by atoms with van der Waals surface area (Å²) in [6.45, 7) is 4.49. The molecule has 9 heteroatoms. The maximum atomic E-state index is 12.7. The number of rotatable bonds is 6. The maximum Gasteiger partial charge on any atom is 0.235 e. The van der Waals surface area contributed by atoms with E-state index in [1.807, 2.05) is 36.3 Å². The number of nitrogens with zero attached hydrogens (tertiary/aromatic N) is 2. The van der Waals surface area contributed by atoms with Crippen LogP contribution in [-0.2, 0) is 10.2 Å². The molecule has 3 aliphatic rings. The second-order valence-corrected chi connectivity index (χ2v) is 9.08. The maximum absolute atomic E-state index is 12.7. The molecule has 1 amide bonds. The summed E-state index contributed by atoms with van der Waals surface area (Å²) in [5.74, 6) is 0.0766. The standard InChI is InChI=1S/C20H28ClN5O3/c1-19(12-27,13-28)11-26-10-15(23-24-26)9-25-6-4-20(5-7-25)16-8-14(21)2-3-17(16)22-18(20)29/h2-3,8,10,23-24,27-28H,4-7,9,11-13H2,1H3,(H,22,29). The van der Waals surface area contributed by atoms with Gasteiger partial charge in [0.1, 0.15) is 0 Å². The van der Waals surface area contributed by atoms with Gasteiger partial charge >= 0.3 is 0 Å². The lowest BCUT2D eigenvalue weighted by Crippen LogP contribution is -2.48. The second kappa shape index (κ2) is 7.77. The molecule has 1 saturated heterocycles. The number of piperidine rings is 1. The molecular weight excluding hydrogens is 394 g/mol. The molecule has 0 radical (unpaired) electrons. The number of fused-ring (bicyclic) bond motifs is 2. The van der Waals surface area contributed by atoms with Gasteiger partial charge in [0.15, 0.2) is 0 Å². The second-order valence-electron chi connectivity index (χ2n) is 8.65. The van der Waals surface area contributed by atoms with E-state index in [1.165, 1.54) is 0 Å². The van der Waals surface area contributed by atoms with E-state index in [1.54, 1.807) is 0 Å². The molecule has 4 rings (SSSR count). The third kappa shape index (κ3) is 3.83. The molecule has 8 nitrogen and oxygen atoms in total. The Hall–Kier alpha value is -1.84. The van der Waals surface area contributed by atoms with Gasteiger partial charge in [-0.15, -0.1) is 5.53 Å². The first-order valence-electron chi connectivity index (χ1n) is 9.92. The molecule has 0 atom stereocenters. The summed E-state index contributed by atoms with van der Waals surface area (Å²) in [4.78, 5) is 15.1. The van der Waals surface area contributed by atoms with Gasteiger partial charge in [0.05, 0.1) is 24.3 Å². The number of hydrogen-bond acceptors (Lipinski definition) is 7. The number of benzene rings is 1. The lowest BCUT2D eigenvalue weighted by Gasteiger charge is -2.38. The number of amides is 1. The number of anilines is 1. The minimum atomic E-state index is -0.581. The van der Waals surface area contributed by atoms with Crippen LogP contribution in [-0.4, -0.2) is 65.4 Å². The highest BCUT2D eigenvalue weighted by Crippen LogP contribution is 2.45. The summed E-state index contributed by atoms with van der Waals surface area (Å²) >= 11 is 6.19. The largest absolute Gasteiger partial charge is 0.396 e. The van der Waals surface area contributed by atoms with E-state index in [4.69, 9.17) is 11.6 Å². The Morgan fingerprint density at radius 1 is 1.24 bits per heavy atom. The van der Waals surface area contributed by atoms with E-state index in [0.29, 0.717) is 11.6 Å². The molecular formula is C20H28ClN5O3. The monoisotopic (exact) mass is 421 g/mol. The van der Waals surface area contributed by atoms with Gasteiger partial charge in [-0.1, -0.05) is 18.5 Å². The van der Waals surface area contributed by atoms with Crippen LogP contribution in [0.5, 0.6) is 0 Å². The molecule has 0 saturated carbocycles. The number of aliphatic hydroxyl groups is 2. The lowest BCUT2D eigenvalue weighted by atomic mass is 9.73. The van der Waals surface area contributed by atoms with Crippen LogP contribution in [0, 0.1) is 5.41 Å². The summed E-state index contributed by atoms with van der Waals surface area (Å²) in [5.41, 5.74) is 8.06. The van der Waals surface area contributed by atoms with Crippen molar-refractivity contribution in [2.24, 2.45) is 5.41 Å². The Kier molecular flexibility index (Phi) is 5.48. The Morgan fingerprint density at radius 2 is 1.97 bits per heavy atom. The van der Waals surface area contributed by atoms with Crippen LogP contribution < -0.4 is 16.3 Å². The fraction of sp³-hybridized carbons (Fsp3) is 0.550. The summed E-state index contributed by atoms with van der Waals surface area (Å²) in [7, 11) is 0. The molecule has 5 N–H and O–H groups in total. The summed E-state index contributed by atoms with van der Waals surface area (Å²) in [5, 5.41) is 24.5. The highest BCUT2D eigenvalue weighted by Gasteiger charge is 2.48. The normalized spacial score (nSPS) is 21.2. The number of nitrogens with one attached hydrogen (secondary N) is 3. The van der Waals surface area contributed by atoms with Crippen molar-refractivity contribution in [2.75, 3.05) is 44.7 Å². The highest BCUT2D eigenvalue weighted by atomic mass is 35.5. The number of carbonyl (C=O) groups is 1. The molecule has 29 heavy (non-hydrogen) atoms. The zero-order chi connectivity index (χ0) is 20.6. The fourth-order valence-corrected chi connectivity index (χ4v) is 4.51. The van der Waals surface area contributed by atoms with Crippen molar-refractivity contribution in [1.82, 2.24) is 20.9 Å². The Labute approximate surface area is 175 Å². The summed E-state index contributed by atoms with van der Waals surface area (Å²) < 4.78 is 0.